The maximum atomic E-state index is 5.16. The lowest BCUT2D eigenvalue weighted by molar-refractivity contribution is -0.457. The lowest BCUT2D eigenvalue weighted by atomic mass is 10.2. The topological polar surface area (TPSA) is 173 Å². The summed E-state index contributed by atoms with van der Waals surface area (Å²) in [5.74, 6) is -0.109. The summed E-state index contributed by atoms with van der Waals surface area (Å²) in [7, 11) is 0. The lowest BCUT2D eigenvalue weighted by Crippen LogP contribution is -2.65. The Morgan fingerprint density at radius 3 is 1.71 bits per heavy atom. The molecule has 0 unspecified atom stereocenters. The molecule has 0 atom stereocenters. The molecule has 0 aliphatic rings. The second-order valence-corrected chi connectivity index (χ2v) is 2.99. The molecule has 0 fully saturated rings. The summed E-state index contributed by atoms with van der Waals surface area (Å²) in [6.45, 7) is 0. The van der Waals surface area contributed by atoms with Gasteiger partial charge >= 0.3 is 0 Å². The van der Waals surface area contributed by atoms with Crippen molar-refractivity contribution in [2.45, 2.75) is 0 Å². The monoisotopic (exact) mass is 237 g/mol. The zero-order valence-corrected chi connectivity index (χ0v) is 9.01. The first-order valence-corrected chi connectivity index (χ1v) is 4.61. The smallest absolute Gasteiger partial charge is 0.256 e. The van der Waals surface area contributed by atoms with Crippen molar-refractivity contribution in [2.24, 2.45) is 33.1 Å². The maximum Gasteiger partial charge on any atom is 0.256 e. The fourth-order valence-electron chi connectivity index (χ4n) is 0.991. The van der Waals surface area contributed by atoms with Crippen molar-refractivity contribution < 1.29 is 10.2 Å². The van der Waals surface area contributed by atoms with E-state index in [1.807, 2.05) is 0 Å². The Labute approximate surface area is 97.0 Å². The van der Waals surface area contributed by atoms with Gasteiger partial charge in [-0.2, -0.15) is 0 Å². The molecule has 0 bridgehead atoms. The predicted octanol–water partition coefficient (Wildman–Crippen LogP) is -5.61. The number of aromatic nitrogens is 1. The average Bonchev–Trinajstić information content (AvgIpc) is 2.65. The van der Waals surface area contributed by atoms with Crippen molar-refractivity contribution in [3.05, 3.63) is 23.5 Å². The van der Waals surface area contributed by atoms with Crippen molar-refractivity contribution in [3.63, 3.8) is 0 Å². The normalized spacial score (nSPS) is 10.8. The van der Waals surface area contributed by atoms with Gasteiger partial charge in [0.2, 0.25) is 12.4 Å². The number of hydrogen-bond donors (Lipinski definition) is 7. The Bertz CT molecular complexity index is 428. The van der Waals surface area contributed by atoms with Crippen LogP contribution in [-0.2, 0) is 0 Å². The maximum absolute atomic E-state index is 5.16. The predicted molar refractivity (Wildman–Crippen MR) is 64.7 cm³/mol. The summed E-state index contributed by atoms with van der Waals surface area (Å²) >= 11 is 0. The van der Waals surface area contributed by atoms with Crippen LogP contribution in [0.3, 0.4) is 0 Å². The second-order valence-electron chi connectivity index (χ2n) is 2.99. The molecule has 11 N–H and O–H groups in total. The van der Waals surface area contributed by atoms with E-state index >= 15 is 0 Å². The van der Waals surface area contributed by atoms with E-state index in [0.29, 0.717) is 0 Å². The molecule has 1 heterocycles. The highest BCUT2D eigenvalue weighted by Crippen LogP contribution is 1.98. The number of nitrogens with one attached hydrogen (secondary N) is 3. The largest absolute Gasteiger partial charge is 0.366 e. The summed E-state index contributed by atoms with van der Waals surface area (Å²) in [5, 5.41) is 12.4. The van der Waals surface area contributed by atoms with Gasteiger partial charge in [0.25, 0.3) is 11.9 Å². The van der Waals surface area contributed by atoms with Crippen molar-refractivity contribution >= 4 is 24.3 Å². The first-order valence-electron chi connectivity index (χ1n) is 4.61. The number of H-pyrrole nitrogens is 1. The molecule has 0 radical (unpaired) electrons. The highest BCUT2D eigenvalue weighted by Gasteiger charge is 2.03. The molecule has 0 aliphatic heterocycles. The van der Waals surface area contributed by atoms with Gasteiger partial charge in [0, 0.05) is 22.6 Å². The van der Waals surface area contributed by atoms with Gasteiger partial charge in [-0.3, -0.25) is 0 Å². The van der Waals surface area contributed by atoms with Crippen LogP contribution in [0, 0.1) is 0 Å². The van der Waals surface area contributed by atoms with Crippen LogP contribution >= 0.6 is 0 Å². The molecule has 0 spiro atoms. The number of guanidine groups is 2. The van der Waals surface area contributed by atoms with E-state index in [1.54, 1.807) is 24.8 Å². The summed E-state index contributed by atoms with van der Waals surface area (Å²) in [5.41, 5.74) is 22.3. The molecule has 9 heteroatoms. The van der Waals surface area contributed by atoms with Gasteiger partial charge < -0.3 is 27.9 Å². The molecule has 1 rings (SSSR count). The molecule has 0 aromatic carbocycles. The highest BCUT2D eigenvalue weighted by atomic mass is 15.3. The number of nitrogens with two attached hydrogens (primary N) is 4. The van der Waals surface area contributed by atoms with Gasteiger partial charge in [-0.1, -0.05) is 0 Å². The zero-order chi connectivity index (χ0) is 12.7. The third-order valence-corrected chi connectivity index (χ3v) is 1.64. The quantitative estimate of drug-likeness (QED) is 0.157. The minimum atomic E-state index is -0.0547. The Balaban J connectivity index is 2.79. The Morgan fingerprint density at radius 1 is 0.941 bits per heavy atom. The summed E-state index contributed by atoms with van der Waals surface area (Å²) in [6.07, 6.45) is 6.72. The van der Waals surface area contributed by atoms with Gasteiger partial charge in [-0.05, 0) is 0 Å². The van der Waals surface area contributed by atoms with E-state index in [1.165, 1.54) is 0 Å². The Morgan fingerprint density at radius 2 is 1.35 bits per heavy atom. The average molecular weight is 237 g/mol. The number of nitrogens with zero attached hydrogens (tertiary/aromatic N) is 2. The SMILES string of the molecule is NC(N)=N/[NH+]=C/c1c[nH]cc1/C=[NH+]/N=C(N)N. The Kier molecular flexibility index (Phi) is 4.25. The first-order chi connectivity index (χ1) is 8.09. The van der Waals surface area contributed by atoms with Crippen molar-refractivity contribution in [2.75, 3.05) is 0 Å². The number of hydrazone groups is 2. The highest BCUT2D eigenvalue weighted by molar-refractivity contribution is 5.90. The van der Waals surface area contributed by atoms with Crippen molar-refractivity contribution in [1.82, 2.24) is 4.98 Å². The molecule has 9 nitrogen and oxygen atoms in total. The summed E-state index contributed by atoms with van der Waals surface area (Å²) in [4.78, 5) is 2.91. The fraction of sp³-hybridized carbons (Fsp3) is 0. The first kappa shape index (κ1) is 12.2. The van der Waals surface area contributed by atoms with E-state index in [-0.39, 0.29) is 11.9 Å². The van der Waals surface area contributed by atoms with Crippen molar-refractivity contribution in [1.29, 1.82) is 0 Å². The zero-order valence-electron chi connectivity index (χ0n) is 9.01. The molecule has 17 heavy (non-hydrogen) atoms. The lowest BCUT2D eigenvalue weighted by Gasteiger charge is -1.81. The minimum absolute atomic E-state index is 0.0547. The standard InChI is InChI=1S/C8H13N9/c9-7(10)16-14-3-5-1-13-2-6(5)4-15-17-8(11)12/h1-4,13H,(H4,9,10,16)(H4,11,12,17)/p+2/b14-3+,15-4+. The molecule has 1 aromatic heterocycles. The van der Waals surface area contributed by atoms with E-state index in [4.69, 9.17) is 22.9 Å². The van der Waals surface area contributed by atoms with Crippen LogP contribution in [-0.4, -0.2) is 29.3 Å². The summed E-state index contributed by atoms with van der Waals surface area (Å²) < 4.78 is 0. The van der Waals surface area contributed by atoms with E-state index in [0.717, 1.165) is 11.1 Å². The third kappa shape index (κ3) is 4.46. The summed E-state index contributed by atoms with van der Waals surface area (Å²) in [6, 6.07) is 0. The molecule has 0 saturated heterocycles. The van der Waals surface area contributed by atoms with Crippen LogP contribution in [0.5, 0.6) is 0 Å². The van der Waals surface area contributed by atoms with Gasteiger partial charge in [-0.25, -0.2) is 0 Å². The number of aromatic amines is 1. The van der Waals surface area contributed by atoms with Gasteiger partial charge in [0.1, 0.15) is 0 Å². The van der Waals surface area contributed by atoms with E-state index in [9.17, 15) is 0 Å². The van der Waals surface area contributed by atoms with E-state index < -0.39 is 0 Å². The molecular formula is C8H15N9+2. The number of hydrogen-bond acceptors (Lipinski definition) is 2. The van der Waals surface area contributed by atoms with Crippen LogP contribution in [0.2, 0.25) is 0 Å². The van der Waals surface area contributed by atoms with Crippen molar-refractivity contribution in [3.8, 4) is 0 Å². The van der Waals surface area contributed by atoms with Crippen LogP contribution in [0.15, 0.2) is 22.6 Å². The van der Waals surface area contributed by atoms with E-state index in [2.05, 4.69) is 25.4 Å². The number of rotatable bonds is 4. The van der Waals surface area contributed by atoms with Crippen LogP contribution in [0.25, 0.3) is 0 Å². The molecule has 0 saturated carbocycles. The fourth-order valence-corrected chi connectivity index (χ4v) is 0.991. The molecular weight excluding hydrogens is 222 g/mol. The minimum Gasteiger partial charge on any atom is -0.366 e. The molecule has 0 amide bonds. The molecule has 0 aliphatic carbocycles. The van der Waals surface area contributed by atoms with Gasteiger partial charge in [0.05, 0.1) is 11.1 Å². The van der Waals surface area contributed by atoms with Crippen LogP contribution in [0.4, 0.5) is 0 Å². The third-order valence-electron chi connectivity index (χ3n) is 1.64. The molecule has 1 aromatic rings. The van der Waals surface area contributed by atoms with Gasteiger partial charge in [0.15, 0.2) is 0 Å². The van der Waals surface area contributed by atoms with Crippen LogP contribution in [0.1, 0.15) is 11.1 Å². The molecule has 90 valence electrons. The van der Waals surface area contributed by atoms with Crippen LogP contribution < -0.4 is 33.1 Å². The Hall–Kier alpha value is -2.84. The second kappa shape index (κ2) is 5.90. The van der Waals surface area contributed by atoms with Gasteiger partial charge in [-0.15, -0.1) is 10.2 Å².